The Morgan fingerprint density at radius 2 is 1.80 bits per heavy atom. The second kappa shape index (κ2) is 5.88. The third-order valence-corrected chi connectivity index (χ3v) is 3.68. The molecule has 102 valence electrons. The standard InChI is InChI=1S/C16H13Cl2NO/c17-13-8-15(18)14-6-7-19(16(14)9-13)11-20-10-12-4-2-1-3-5-12/h1-9H,10-11H2. The zero-order valence-corrected chi connectivity index (χ0v) is 12.2. The fourth-order valence-electron chi connectivity index (χ4n) is 2.17. The minimum absolute atomic E-state index is 0.467. The van der Waals surface area contributed by atoms with E-state index in [9.17, 15) is 0 Å². The van der Waals surface area contributed by atoms with Gasteiger partial charge in [-0.3, -0.25) is 0 Å². The van der Waals surface area contributed by atoms with Crippen molar-refractivity contribution >= 4 is 34.1 Å². The number of hydrogen-bond acceptors (Lipinski definition) is 1. The van der Waals surface area contributed by atoms with Crippen LogP contribution in [-0.4, -0.2) is 4.57 Å². The van der Waals surface area contributed by atoms with Gasteiger partial charge in [-0.25, -0.2) is 0 Å². The van der Waals surface area contributed by atoms with E-state index < -0.39 is 0 Å². The molecule has 3 aromatic rings. The molecule has 0 N–H and O–H groups in total. The molecule has 1 aromatic heterocycles. The molecule has 0 radical (unpaired) electrons. The molecule has 20 heavy (non-hydrogen) atoms. The van der Waals surface area contributed by atoms with Gasteiger partial charge in [0.2, 0.25) is 0 Å². The number of aromatic nitrogens is 1. The number of halogens is 2. The van der Waals surface area contributed by atoms with Gasteiger partial charge in [-0.2, -0.15) is 0 Å². The van der Waals surface area contributed by atoms with E-state index in [1.165, 1.54) is 0 Å². The van der Waals surface area contributed by atoms with Crippen molar-refractivity contribution in [2.75, 3.05) is 0 Å². The number of rotatable bonds is 4. The molecular formula is C16H13Cl2NO. The van der Waals surface area contributed by atoms with Gasteiger partial charge in [-0.05, 0) is 23.8 Å². The van der Waals surface area contributed by atoms with E-state index in [1.54, 1.807) is 6.07 Å². The van der Waals surface area contributed by atoms with Crippen molar-refractivity contribution in [2.24, 2.45) is 0 Å². The van der Waals surface area contributed by atoms with E-state index in [1.807, 2.05) is 53.2 Å². The molecule has 0 amide bonds. The normalized spacial score (nSPS) is 11.1. The molecule has 0 bridgehead atoms. The summed E-state index contributed by atoms with van der Waals surface area (Å²) in [5.74, 6) is 0. The molecule has 4 heteroatoms. The highest BCUT2D eigenvalue weighted by Gasteiger charge is 2.06. The first kappa shape index (κ1) is 13.5. The molecular weight excluding hydrogens is 293 g/mol. The van der Waals surface area contributed by atoms with Crippen LogP contribution in [0.15, 0.2) is 54.7 Å². The van der Waals surface area contributed by atoms with Crippen LogP contribution in [0.5, 0.6) is 0 Å². The Morgan fingerprint density at radius 1 is 1.00 bits per heavy atom. The lowest BCUT2D eigenvalue weighted by molar-refractivity contribution is 0.0668. The highest BCUT2D eigenvalue weighted by atomic mass is 35.5. The van der Waals surface area contributed by atoms with E-state index in [-0.39, 0.29) is 0 Å². The lowest BCUT2D eigenvalue weighted by atomic mass is 10.2. The summed E-state index contributed by atoms with van der Waals surface area (Å²) in [6.45, 7) is 1.05. The van der Waals surface area contributed by atoms with E-state index in [0.29, 0.717) is 23.4 Å². The molecule has 0 fully saturated rings. The molecule has 2 aromatic carbocycles. The van der Waals surface area contributed by atoms with Gasteiger partial charge in [0, 0.05) is 16.6 Å². The second-order valence-corrected chi connectivity index (χ2v) is 5.41. The monoisotopic (exact) mass is 305 g/mol. The third kappa shape index (κ3) is 2.83. The van der Waals surface area contributed by atoms with E-state index >= 15 is 0 Å². The van der Waals surface area contributed by atoms with Gasteiger partial charge in [-0.15, -0.1) is 0 Å². The molecule has 0 saturated heterocycles. The van der Waals surface area contributed by atoms with Crippen LogP contribution in [0.25, 0.3) is 10.9 Å². The molecule has 3 rings (SSSR count). The minimum Gasteiger partial charge on any atom is -0.356 e. The van der Waals surface area contributed by atoms with Gasteiger partial charge in [-0.1, -0.05) is 53.5 Å². The SMILES string of the molecule is Clc1cc(Cl)c2ccn(COCc3ccccc3)c2c1. The van der Waals surface area contributed by atoms with Gasteiger partial charge in [0.25, 0.3) is 0 Å². The van der Waals surface area contributed by atoms with Crippen LogP contribution in [0.3, 0.4) is 0 Å². The predicted octanol–water partition coefficient (Wildman–Crippen LogP) is 5.12. The quantitative estimate of drug-likeness (QED) is 0.652. The summed E-state index contributed by atoms with van der Waals surface area (Å²) in [5.41, 5.74) is 2.13. The molecule has 0 spiro atoms. The molecule has 0 unspecified atom stereocenters. The predicted molar refractivity (Wildman–Crippen MR) is 83.2 cm³/mol. The Balaban J connectivity index is 1.75. The fourth-order valence-corrected chi connectivity index (χ4v) is 2.71. The van der Waals surface area contributed by atoms with Crippen LogP contribution < -0.4 is 0 Å². The van der Waals surface area contributed by atoms with Gasteiger partial charge in [0.1, 0.15) is 6.73 Å². The van der Waals surface area contributed by atoms with Crippen molar-refractivity contribution in [3.63, 3.8) is 0 Å². The maximum atomic E-state index is 6.17. The lowest BCUT2D eigenvalue weighted by Crippen LogP contribution is -2.01. The number of fused-ring (bicyclic) bond motifs is 1. The van der Waals surface area contributed by atoms with Crippen molar-refractivity contribution in [3.8, 4) is 0 Å². The Bertz CT molecular complexity index is 722. The molecule has 0 saturated carbocycles. The van der Waals surface area contributed by atoms with Crippen molar-refractivity contribution in [2.45, 2.75) is 13.3 Å². The molecule has 0 aliphatic carbocycles. The minimum atomic E-state index is 0.467. The first-order valence-corrected chi connectivity index (χ1v) is 7.05. The van der Waals surface area contributed by atoms with Gasteiger partial charge < -0.3 is 9.30 Å². The maximum Gasteiger partial charge on any atom is 0.123 e. The molecule has 1 heterocycles. The molecule has 2 nitrogen and oxygen atoms in total. The lowest BCUT2D eigenvalue weighted by Gasteiger charge is -2.08. The highest BCUT2D eigenvalue weighted by Crippen LogP contribution is 2.28. The van der Waals surface area contributed by atoms with Crippen molar-refractivity contribution in [3.05, 3.63) is 70.3 Å². The third-order valence-electron chi connectivity index (χ3n) is 3.14. The van der Waals surface area contributed by atoms with Crippen LogP contribution in [0.4, 0.5) is 0 Å². The number of nitrogens with zero attached hydrogens (tertiary/aromatic N) is 1. The number of ether oxygens (including phenoxy) is 1. The summed E-state index contributed by atoms with van der Waals surface area (Å²) in [5, 5.41) is 2.28. The van der Waals surface area contributed by atoms with Crippen molar-refractivity contribution in [1.29, 1.82) is 0 Å². The Labute approximate surface area is 127 Å². The topological polar surface area (TPSA) is 14.2 Å². The summed E-state index contributed by atoms with van der Waals surface area (Å²) >= 11 is 12.2. The summed E-state index contributed by atoms with van der Waals surface area (Å²) in [6, 6.07) is 15.7. The van der Waals surface area contributed by atoms with E-state index in [2.05, 4.69) is 0 Å². The average Bonchev–Trinajstić information content (AvgIpc) is 2.83. The fraction of sp³-hybridized carbons (Fsp3) is 0.125. The Morgan fingerprint density at radius 3 is 2.60 bits per heavy atom. The summed E-state index contributed by atoms with van der Waals surface area (Å²) < 4.78 is 7.72. The van der Waals surface area contributed by atoms with Crippen LogP contribution in [0.1, 0.15) is 5.56 Å². The molecule has 0 atom stereocenters. The van der Waals surface area contributed by atoms with Crippen LogP contribution in [0.2, 0.25) is 10.0 Å². The molecule has 0 aliphatic rings. The Kier molecular flexibility index (Phi) is 3.97. The largest absolute Gasteiger partial charge is 0.356 e. The maximum absolute atomic E-state index is 6.17. The van der Waals surface area contributed by atoms with Crippen molar-refractivity contribution in [1.82, 2.24) is 4.57 Å². The zero-order chi connectivity index (χ0) is 13.9. The second-order valence-electron chi connectivity index (χ2n) is 4.57. The van der Waals surface area contributed by atoms with E-state index in [0.717, 1.165) is 16.5 Å². The summed E-state index contributed by atoms with van der Waals surface area (Å²) in [4.78, 5) is 0. The van der Waals surface area contributed by atoms with Crippen LogP contribution in [0, 0.1) is 0 Å². The highest BCUT2D eigenvalue weighted by molar-refractivity contribution is 6.38. The first-order chi connectivity index (χ1) is 9.74. The van der Waals surface area contributed by atoms with Crippen LogP contribution >= 0.6 is 23.2 Å². The van der Waals surface area contributed by atoms with Gasteiger partial charge >= 0.3 is 0 Å². The molecule has 0 aliphatic heterocycles. The van der Waals surface area contributed by atoms with Crippen LogP contribution in [-0.2, 0) is 18.1 Å². The van der Waals surface area contributed by atoms with Gasteiger partial charge in [0.05, 0.1) is 17.1 Å². The Hall–Kier alpha value is -1.48. The zero-order valence-electron chi connectivity index (χ0n) is 10.7. The smallest absolute Gasteiger partial charge is 0.123 e. The first-order valence-electron chi connectivity index (χ1n) is 6.29. The number of hydrogen-bond donors (Lipinski definition) is 0. The van der Waals surface area contributed by atoms with Crippen molar-refractivity contribution < 1.29 is 4.74 Å². The average molecular weight is 306 g/mol. The number of benzene rings is 2. The van der Waals surface area contributed by atoms with E-state index in [4.69, 9.17) is 27.9 Å². The van der Waals surface area contributed by atoms with Gasteiger partial charge in [0.15, 0.2) is 0 Å². The summed E-state index contributed by atoms with van der Waals surface area (Å²) in [6.07, 6.45) is 1.96. The summed E-state index contributed by atoms with van der Waals surface area (Å²) in [7, 11) is 0.